The molecule has 20 heavy (non-hydrogen) atoms. The van der Waals surface area contributed by atoms with E-state index >= 15 is 0 Å². The summed E-state index contributed by atoms with van der Waals surface area (Å²) in [6, 6.07) is 13.5. The van der Waals surface area contributed by atoms with Crippen molar-refractivity contribution in [3.63, 3.8) is 0 Å². The second kappa shape index (κ2) is 6.55. The van der Waals surface area contributed by atoms with Gasteiger partial charge in [-0.15, -0.1) is 0 Å². The first kappa shape index (κ1) is 14.6. The first-order valence-corrected chi connectivity index (χ1v) is 6.56. The molecule has 0 bridgehead atoms. The highest BCUT2D eigenvalue weighted by molar-refractivity contribution is 5.40. The summed E-state index contributed by atoms with van der Waals surface area (Å²) >= 11 is 0. The molecule has 1 N–H and O–H groups in total. The minimum Gasteiger partial charge on any atom is -0.497 e. The fourth-order valence-corrected chi connectivity index (χ4v) is 2.22. The van der Waals surface area contributed by atoms with Crippen molar-refractivity contribution in [1.29, 1.82) is 0 Å². The Morgan fingerprint density at radius 2 is 1.75 bits per heavy atom. The average Bonchev–Trinajstić information content (AvgIpc) is 2.47. The lowest BCUT2D eigenvalue weighted by atomic mass is 9.96. The fourth-order valence-electron chi connectivity index (χ4n) is 2.22. The number of aliphatic hydroxyl groups excluding tert-OH is 1. The number of hydrogen-bond donors (Lipinski definition) is 1. The van der Waals surface area contributed by atoms with Crippen LogP contribution in [0.15, 0.2) is 42.5 Å². The normalized spacial score (nSPS) is 12.2. The van der Waals surface area contributed by atoms with Gasteiger partial charge < -0.3 is 14.6 Å². The van der Waals surface area contributed by atoms with Crippen LogP contribution in [0.1, 0.15) is 28.4 Å². The fraction of sp³-hybridized carbons (Fsp3) is 0.294. The van der Waals surface area contributed by atoms with E-state index < -0.39 is 6.10 Å². The van der Waals surface area contributed by atoms with Gasteiger partial charge in [-0.3, -0.25) is 0 Å². The molecule has 2 aromatic rings. The first-order valence-electron chi connectivity index (χ1n) is 6.56. The van der Waals surface area contributed by atoms with Crippen LogP contribution in [0.4, 0.5) is 0 Å². The number of hydrogen-bond acceptors (Lipinski definition) is 3. The molecule has 0 aliphatic heterocycles. The Morgan fingerprint density at radius 1 is 1.05 bits per heavy atom. The maximum atomic E-state index is 10.5. The predicted molar refractivity (Wildman–Crippen MR) is 78.9 cm³/mol. The second-order valence-corrected chi connectivity index (χ2v) is 4.80. The summed E-state index contributed by atoms with van der Waals surface area (Å²) in [7, 11) is 3.31. The van der Waals surface area contributed by atoms with Gasteiger partial charge in [0.15, 0.2) is 0 Å². The van der Waals surface area contributed by atoms with Gasteiger partial charge in [-0.2, -0.15) is 0 Å². The number of aryl methyl sites for hydroxylation is 1. The van der Waals surface area contributed by atoms with Crippen LogP contribution in [0.2, 0.25) is 0 Å². The molecule has 0 saturated heterocycles. The van der Waals surface area contributed by atoms with Gasteiger partial charge >= 0.3 is 0 Å². The van der Waals surface area contributed by atoms with Crippen molar-refractivity contribution >= 4 is 0 Å². The van der Waals surface area contributed by atoms with Crippen molar-refractivity contribution in [2.45, 2.75) is 19.6 Å². The van der Waals surface area contributed by atoms with E-state index in [1.165, 1.54) is 0 Å². The van der Waals surface area contributed by atoms with Crippen molar-refractivity contribution in [2.24, 2.45) is 0 Å². The quantitative estimate of drug-likeness (QED) is 0.908. The van der Waals surface area contributed by atoms with E-state index in [1.54, 1.807) is 14.2 Å². The summed E-state index contributed by atoms with van der Waals surface area (Å²) in [5.74, 6) is 0.800. The summed E-state index contributed by atoms with van der Waals surface area (Å²) < 4.78 is 10.3. The van der Waals surface area contributed by atoms with Gasteiger partial charge in [0.1, 0.15) is 11.9 Å². The molecule has 2 rings (SSSR count). The minimum atomic E-state index is -0.627. The SMILES string of the molecule is COCc1ccc(C(O)c2ccc(OC)cc2C)cc1. The molecular formula is C17H20O3. The molecule has 0 fully saturated rings. The summed E-state index contributed by atoms with van der Waals surface area (Å²) in [5, 5.41) is 10.5. The molecule has 0 aliphatic rings. The Balaban J connectivity index is 2.24. The molecule has 0 saturated carbocycles. The third-order valence-electron chi connectivity index (χ3n) is 3.38. The number of methoxy groups -OCH3 is 2. The Hall–Kier alpha value is -1.84. The second-order valence-electron chi connectivity index (χ2n) is 4.80. The maximum Gasteiger partial charge on any atom is 0.119 e. The Labute approximate surface area is 119 Å². The molecule has 1 atom stereocenters. The topological polar surface area (TPSA) is 38.7 Å². The van der Waals surface area contributed by atoms with Crippen LogP contribution in [0.5, 0.6) is 5.75 Å². The molecule has 0 radical (unpaired) electrons. The third-order valence-corrected chi connectivity index (χ3v) is 3.38. The molecule has 3 nitrogen and oxygen atoms in total. The zero-order valence-electron chi connectivity index (χ0n) is 12.1. The van der Waals surface area contributed by atoms with Gasteiger partial charge in [-0.25, -0.2) is 0 Å². The number of benzene rings is 2. The lowest BCUT2D eigenvalue weighted by molar-refractivity contribution is 0.184. The smallest absolute Gasteiger partial charge is 0.119 e. The summed E-state index contributed by atoms with van der Waals surface area (Å²) in [4.78, 5) is 0. The van der Waals surface area contributed by atoms with Gasteiger partial charge in [-0.05, 0) is 41.3 Å². The molecule has 3 heteroatoms. The van der Waals surface area contributed by atoms with E-state index in [4.69, 9.17) is 9.47 Å². The van der Waals surface area contributed by atoms with Gasteiger partial charge in [0.25, 0.3) is 0 Å². The molecule has 0 amide bonds. The zero-order chi connectivity index (χ0) is 14.5. The van der Waals surface area contributed by atoms with Crippen LogP contribution >= 0.6 is 0 Å². The Morgan fingerprint density at radius 3 is 2.30 bits per heavy atom. The van der Waals surface area contributed by atoms with E-state index in [2.05, 4.69) is 0 Å². The van der Waals surface area contributed by atoms with Gasteiger partial charge in [0.05, 0.1) is 13.7 Å². The van der Waals surface area contributed by atoms with E-state index in [-0.39, 0.29) is 0 Å². The van der Waals surface area contributed by atoms with Gasteiger partial charge in [0.2, 0.25) is 0 Å². The van der Waals surface area contributed by atoms with Crippen molar-refractivity contribution in [1.82, 2.24) is 0 Å². The molecule has 0 spiro atoms. The van der Waals surface area contributed by atoms with Gasteiger partial charge in [-0.1, -0.05) is 30.3 Å². The number of aliphatic hydroxyl groups is 1. The molecular weight excluding hydrogens is 252 g/mol. The molecule has 0 heterocycles. The molecule has 0 aromatic heterocycles. The zero-order valence-corrected chi connectivity index (χ0v) is 12.1. The first-order chi connectivity index (χ1) is 9.65. The molecule has 0 aliphatic carbocycles. The lowest BCUT2D eigenvalue weighted by Crippen LogP contribution is -2.02. The van der Waals surface area contributed by atoms with Crippen LogP contribution < -0.4 is 4.74 Å². The molecule has 1 unspecified atom stereocenters. The van der Waals surface area contributed by atoms with Crippen molar-refractivity contribution in [3.8, 4) is 5.75 Å². The van der Waals surface area contributed by atoms with Crippen molar-refractivity contribution < 1.29 is 14.6 Å². The summed E-state index contributed by atoms with van der Waals surface area (Å²) in [5.41, 5.74) is 3.87. The Bertz CT molecular complexity index is 561. The largest absolute Gasteiger partial charge is 0.497 e. The third kappa shape index (κ3) is 3.18. The van der Waals surface area contributed by atoms with E-state index in [0.29, 0.717) is 6.61 Å². The maximum absolute atomic E-state index is 10.5. The lowest BCUT2D eigenvalue weighted by Gasteiger charge is -2.15. The minimum absolute atomic E-state index is 0.581. The van der Waals surface area contributed by atoms with Crippen molar-refractivity contribution in [2.75, 3.05) is 14.2 Å². The van der Waals surface area contributed by atoms with Crippen LogP contribution in [-0.4, -0.2) is 19.3 Å². The van der Waals surface area contributed by atoms with Crippen LogP contribution in [0, 0.1) is 6.92 Å². The van der Waals surface area contributed by atoms with Crippen molar-refractivity contribution in [3.05, 3.63) is 64.7 Å². The van der Waals surface area contributed by atoms with Crippen LogP contribution in [-0.2, 0) is 11.3 Å². The summed E-state index contributed by atoms with van der Waals surface area (Å²) in [6.07, 6.45) is -0.627. The highest BCUT2D eigenvalue weighted by Gasteiger charge is 2.13. The standard InChI is InChI=1S/C17H20O3/c1-12-10-15(20-3)8-9-16(12)17(18)14-6-4-13(5-7-14)11-19-2/h4-10,17-18H,11H2,1-3H3. The average molecular weight is 272 g/mol. The monoisotopic (exact) mass is 272 g/mol. The number of ether oxygens (including phenoxy) is 2. The summed E-state index contributed by atoms with van der Waals surface area (Å²) in [6.45, 7) is 2.55. The Kier molecular flexibility index (Phi) is 4.77. The highest BCUT2D eigenvalue weighted by atomic mass is 16.5. The molecule has 106 valence electrons. The highest BCUT2D eigenvalue weighted by Crippen LogP contribution is 2.27. The molecule has 2 aromatic carbocycles. The van der Waals surface area contributed by atoms with Crippen LogP contribution in [0.3, 0.4) is 0 Å². The van der Waals surface area contributed by atoms with E-state index in [0.717, 1.165) is 28.0 Å². The number of rotatable bonds is 5. The predicted octanol–water partition coefficient (Wildman–Crippen LogP) is 3.23. The van der Waals surface area contributed by atoms with Gasteiger partial charge in [0, 0.05) is 7.11 Å². The van der Waals surface area contributed by atoms with Crippen LogP contribution in [0.25, 0.3) is 0 Å². The van der Waals surface area contributed by atoms with E-state index in [1.807, 2.05) is 49.4 Å². The van der Waals surface area contributed by atoms with E-state index in [9.17, 15) is 5.11 Å².